The Hall–Kier alpha value is -2.47. The summed E-state index contributed by atoms with van der Waals surface area (Å²) in [6.07, 6.45) is -1.15. The number of aromatic nitrogens is 1. The standard InChI is InChI=1S/C23H22ClFN2O2/c1-15-4-2-5-18(26-15)14-27-10-11-29-21-9-8-16(12-17(21)13-27)23(28)22-19(24)6-3-7-20(22)25/h2-9,12,23,28H,10-11,13-14H2,1H3. The van der Waals surface area contributed by atoms with E-state index in [2.05, 4.69) is 9.88 Å². The van der Waals surface area contributed by atoms with Crippen molar-refractivity contribution in [1.29, 1.82) is 0 Å². The zero-order valence-corrected chi connectivity index (χ0v) is 16.9. The SMILES string of the molecule is Cc1cccc(CN2CCOc3ccc(C(O)c4c(F)cccc4Cl)cc3C2)n1. The quantitative estimate of drug-likeness (QED) is 0.677. The molecule has 6 heteroatoms. The van der Waals surface area contributed by atoms with E-state index in [0.29, 0.717) is 25.3 Å². The molecule has 0 bridgehead atoms. The summed E-state index contributed by atoms with van der Waals surface area (Å²) in [5.74, 6) is 0.253. The molecule has 0 amide bonds. The molecule has 150 valence electrons. The maximum Gasteiger partial charge on any atom is 0.130 e. The second-order valence-corrected chi connectivity index (χ2v) is 7.64. The normalized spacial score (nSPS) is 15.3. The summed E-state index contributed by atoms with van der Waals surface area (Å²) in [6.45, 7) is 4.67. The van der Waals surface area contributed by atoms with Crippen LogP contribution in [0.4, 0.5) is 4.39 Å². The van der Waals surface area contributed by atoms with Gasteiger partial charge in [0.25, 0.3) is 0 Å². The highest BCUT2D eigenvalue weighted by Gasteiger charge is 2.22. The molecule has 0 spiro atoms. The summed E-state index contributed by atoms with van der Waals surface area (Å²) >= 11 is 6.13. The molecular weight excluding hydrogens is 391 g/mol. The van der Waals surface area contributed by atoms with Gasteiger partial charge in [0.2, 0.25) is 0 Å². The predicted molar refractivity (Wildman–Crippen MR) is 110 cm³/mol. The summed E-state index contributed by atoms with van der Waals surface area (Å²) in [5.41, 5.74) is 3.60. The van der Waals surface area contributed by atoms with Gasteiger partial charge >= 0.3 is 0 Å². The van der Waals surface area contributed by atoms with E-state index in [9.17, 15) is 9.50 Å². The van der Waals surface area contributed by atoms with Gasteiger partial charge in [-0.25, -0.2) is 4.39 Å². The van der Waals surface area contributed by atoms with E-state index in [1.165, 1.54) is 12.1 Å². The Bertz CT molecular complexity index is 1010. The van der Waals surface area contributed by atoms with Gasteiger partial charge in [0.15, 0.2) is 0 Å². The maximum atomic E-state index is 14.2. The number of pyridine rings is 1. The summed E-state index contributed by atoms with van der Waals surface area (Å²) in [5, 5.41) is 11.0. The second-order valence-electron chi connectivity index (χ2n) is 7.23. The molecule has 2 heterocycles. The third-order valence-electron chi connectivity index (χ3n) is 5.06. The lowest BCUT2D eigenvalue weighted by Gasteiger charge is -2.20. The van der Waals surface area contributed by atoms with Crippen molar-refractivity contribution >= 4 is 11.6 Å². The largest absolute Gasteiger partial charge is 0.492 e. The van der Waals surface area contributed by atoms with Gasteiger partial charge in [-0.3, -0.25) is 9.88 Å². The van der Waals surface area contributed by atoms with Gasteiger partial charge in [0.05, 0.1) is 5.69 Å². The minimum atomic E-state index is -1.15. The van der Waals surface area contributed by atoms with Gasteiger partial charge in [-0.1, -0.05) is 29.8 Å². The van der Waals surface area contributed by atoms with Crippen molar-refractivity contribution in [2.24, 2.45) is 0 Å². The molecule has 1 atom stereocenters. The van der Waals surface area contributed by atoms with Gasteiger partial charge in [0, 0.05) is 41.5 Å². The van der Waals surface area contributed by atoms with Gasteiger partial charge in [-0.05, 0) is 48.9 Å². The van der Waals surface area contributed by atoms with E-state index in [1.54, 1.807) is 12.1 Å². The van der Waals surface area contributed by atoms with Crippen LogP contribution >= 0.6 is 11.6 Å². The van der Waals surface area contributed by atoms with Gasteiger partial charge in [0.1, 0.15) is 24.3 Å². The monoisotopic (exact) mass is 412 g/mol. The number of aryl methyl sites for hydroxylation is 1. The Labute approximate surface area is 174 Å². The van der Waals surface area contributed by atoms with E-state index >= 15 is 0 Å². The number of ether oxygens (including phenoxy) is 1. The van der Waals surface area contributed by atoms with Gasteiger partial charge < -0.3 is 9.84 Å². The number of aliphatic hydroxyl groups is 1. The van der Waals surface area contributed by atoms with Crippen LogP contribution in [-0.4, -0.2) is 28.1 Å². The molecule has 1 unspecified atom stereocenters. The van der Waals surface area contributed by atoms with E-state index in [1.807, 2.05) is 37.3 Å². The molecule has 0 saturated heterocycles. The highest BCUT2D eigenvalue weighted by atomic mass is 35.5. The zero-order chi connectivity index (χ0) is 20.4. The first-order valence-corrected chi connectivity index (χ1v) is 9.91. The first-order chi connectivity index (χ1) is 14.0. The summed E-state index contributed by atoms with van der Waals surface area (Å²) in [7, 11) is 0. The fourth-order valence-electron chi connectivity index (χ4n) is 3.63. The van der Waals surface area contributed by atoms with Gasteiger partial charge in [-0.2, -0.15) is 0 Å². The molecule has 29 heavy (non-hydrogen) atoms. The molecule has 2 aromatic carbocycles. The summed E-state index contributed by atoms with van der Waals surface area (Å²) in [4.78, 5) is 6.83. The molecule has 0 aliphatic carbocycles. The van der Waals surface area contributed by atoms with Crippen molar-refractivity contribution < 1.29 is 14.2 Å². The van der Waals surface area contributed by atoms with Crippen LogP contribution in [0.2, 0.25) is 5.02 Å². The lowest BCUT2D eigenvalue weighted by Crippen LogP contribution is -2.25. The van der Waals surface area contributed by atoms with Crippen LogP contribution in [0.15, 0.2) is 54.6 Å². The van der Waals surface area contributed by atoms with Crippen LogP contribution in [-0.2, 0) is 13.1 Å². The molecule has 0 saturated carbocycles. The molecule has 3 aromatic rings. The van der Waals surface area contributed by atoms with E-state index in [0.717, 1.165) is 29.2 Å². The second kappa shape index (κ2) is 8.49. The van der Waals surface area contributed by atoms with Gasteiger partial charge in [-0.15, -0.1) is 0 Å². The van der Waals surface area contributed by atoms with Crippen LogP contribution in [0.25, 0.3) is 0 Å². The number of hydrogen-bond donors (Lipinski definition) is 1. The first-order valence-electron chi connectivity index (χ1n) is 9.54. The van der Waals surface area contributed by atoms with Crippen LogP contribution < -0.4 is 4.74 Å². The summed E-state index contributed by atoms with van der Waals surface area (Å²) < 4.78 is 20.1. The predicted octanol–water partition coefficient (Wildman–Crippen LogP) is 4.66. The zero-order valence-electron chi connectivity index (χ0n) is 16.1. The smallest absolute Gasteiger partial charge is 0.130 e. The maximum absolute atomic E-state index is 14.2. The number of halogens is 2. The number of aliphatic hydroxyl groups excluding tert-OH is 1. The van der Waals surface area contributed by atoms with E-state index in [4.69, 9.17) is 16.3 Å². The Morgan fingerprint density at radius 3 is 2.83 bits per heavy atom. The lowest BCUT2D eigenvalue weighted by molar-refractivity contribution is 0.214. The molecule has 4 rings (SSSR count). The van der Waals surface area contributed by atoms with Crippen molar-refractivity contribution in [1.82, 2.24) is 9.88 Å². The third-order valence-corrected chi connectivity index (χ3v) is 5.39. The Morgan fingerprint density at radius 2 is 2.03 bits per heavy atom. The van der Waals surface area contributed by atoms with E-state index in [-0.39, 0.29) is 10.6 Å². The third kappa shape index (κ3) is 4.42. The Morgan fingerprint density at radius 1 is 1.21 bits per heavy atom. The molecule has 1 N–H and O–H groups in total. The molecule has 1 aromatic heterocycles. The molecule has 0 fully saturated rings. The molecular formula is C23H22ClFN2O2. The number of benzene rings is 2. The lowest BCUT2D eigenvalue weighted by atomic mass is 9.98. The number of rotatable bonds is 4. The number of fused-ring (bicyclic) bond motifs is 1. The number of nitrogens with zero attached hydrogens (tertiary/aromatic N) is 2. The minimum Gasteiger partial charge on any atom is -0.492 e. The minimum absolute atomic E-state index is 0.0875. The number of hydrogen-bond acceptors (Lipinski definition) is 4. The topological polar surface area (TPSA) is 45.6 Å². The summed E-state index contributed by atoms with van der Waals surface area (Å²) in [6, 6.07) is 15.8. The molecule has 0 radical (unpaired) electrons. The first kappa shape index (κ1) is 19.8. The van der Waals surface area contributed by atoms with Crippen molar-refractivity contribution in [3.8, 4) is 5.75 Å². The fraction of sp³-hybridized carbons (Fsp3) is 0.261. The highest BCUT2D eigenvalue weighted by Crippen LogP contribution is 2.33. The van der Waals surface area contributed by atoms with Crippen molar-refractivity contribution in [3.05, 3.63) is 93.5 Å². The van der Waals surface area contributed by atoms with Crippen LogP contribution in [0.1, 0.15) is 34.2 Å². The van der Waals surface area contributed by atoms with Crippen LogP contribution in [0.5, 0.6) is 5.75 Å². The average Bonchev–Trinajstić information content (AvgIpc) is 2.88. The van der Waals surface area contributed by atoms with Crippen molar-refractivity contribution in [2.45, 2.75) is 26.1 Å². The van der Waals surface area contributed by atoms with E-state index < -0.39 is 11.9 Å². The Kier molecular flexibility index (Phi) is 5.81. The fourth-order valence-corrected chi connectivity index (χ4v) is 3.90. The Balaban J connectivity index is 1.60. The molecule has 1 aliphatic rings. The van der Waals surface area contributed by atoms with Crippen molar-refractivity contribution in [2.75, 3.05) is 13.2 Å². The van der Waals surface area contributed by atoms with Crippen LogP contribution in [0.3, 0.4) is 0 Å². The average molecular weight is 413 g/mol. The van der Waals surface area contributed by atoms with Crippen molar-refractivity contribution in [3.63, 3.8) is 0 Å². The highest BCUT2D eigenvalue weighted by molar-refractivity contribution is 6.31. The molecule has 4 nitrogen and oxygen atoms in total. The van der Waals surface area contributed by atoms with Crippen LogP contribution in [0, 0.1) is 12.7 Å². The molecule has 1 aliphatic heterocycles.